The third-order valence-corrected chi connectivity index (χ3v) is 7.81. The van der Waals surface area contributed by atoms with Crippen molar-refractivity contribution in [3.05, 3.63) is 64.7 Å². The van der Waals surface area contributed by atoms with Gasteiger partial charge in [-0.05, 0) is 32.0 Å². The summed E-state index contributed by atoms with van der Waals surface area (Å²) in [5.74, 6) is -0.961. The number of halogens is 2. The van der Waals surface area contributed by atoms with Crippen LogP contribution in [-0.4, -0.2) is 29.5 Å². The molecule has 2 aromatic rings. The molecule has 28 heavy (non-hydrogen) atoms. The van der Waals surface area contributed by atoms with Gasteiger partial charge in [-0.25, -0.2) is 0 Å². The SMILES string of the molecule is CCOP(=O)(OCC)C(Br)C(=O)Nc1ccc(Cl)cc1C(=O)c1ccccc1. The molecule has 0 bridgehead atoms. The van der Waals surface area contributed by atoms with E-state index >= 15 is 0 Å². The number of benzene rings is 2. The van der Waals surface area contributed by atoms with Crippen molar-refractivity contribution in [3.8, 4) is 0 Å². The van der Waals surface area contributed by atoms with Crippen LogP contribution in [0.5, 0.6) is 0 Å². The van der Waals surface area contributed by atoms with Crippen molar-refractivity contribution >= 4 is 52.5 Å². The first kappa shape index (κ1) is 22.8. The molecule has 2 rings (SSSR count). The van der Waals surface area contributed by atoms with Gasteiger partial charge in [0.05, 0.1) is 18.9 Å². The molecule has 9 heteroatoms. The molecular formula is C19H20BrClNO5P. The van der Waals surface area contributed by atoms with E-state index in [2.05, 4.69) is 21.2 Å². The van der Waals surface area contributed by atoms with E-state index in [4.69, 9.17) is 20.6 Å². The van der Waals surface area contributed by atoms with Gasteiger partial charge in [-0.3, -0.25) is 14.2 Å². The van der Waals surface area contributed by atoms with Gasteiger partial charge in [-0.2, -0.15) is 0 Å². The molecule has 0 spiro atoms. The molecule has 0 radical (unpaired) electrons. The topological polar surface area (TPSA) is 81.7 Å². The number of hydrogen-bond acceptors (Lipinski definition) is 5. The lowest BCUT2D eigenvalue weighted by Gasteiger charge is -2.22. The molecule has 0 aliphatic heterocycles. The largest absolute Gasteiger partial charge is 0.353 e. The van der Waals surface area contributed by atoms with Crippen LogP contribution in [0, 0.1) is 0 Å². The van der Waals surface area contributed by atoms with Crippen molar-refractivity contribution in [2.45, 2.75) is 18.4 Å². The number of carbonyl (C=O) groups excluding carboxylic acids is 2. The van der Waals surface area contributed by atoms with Crippen LogP contribution in [0.3, 0.4) is 0 Å². The zero-order valence-corrected chi connectivity index (χ0v) is 18.6. The summed E-state index contributed by atoms with van der Waals surface area (Å²) >= 11 is 9.15. The first-order valence-electron chi connectivity index (χ1n) is 8.55. The van der Waals surface area contributed by atoms with Gasteiger partial charge in [0.1, 0.15) is 0 Å². The Morgan fingerprint density at radius 2 is 1.71 bits per heavy atom. The van der Waals surface area contributed by atoms with Crippen molar-refractivity contribution in [2.75, 3.05) is 18.5 Å². The van der Waals surface area contributed by atoms with Crippen LogP contribution in [-0.2, 0) is 18.4 Å². The zero-order chi connectivity index (χ0) is 20.7. The highest BCUT2D eigenvalue weighted by molar-refractivity contribution is 9.11. The van der Waals surface area contributed by atoms with E-state index in [0.717, 1.165) is 0 Å². The van der Waals surface area contributed by atoms with E-state index in [-0.39, 0.29) is 30.2 Å². The molecule has 1 amide bonds. The van der Waals surface area contributed by atoms with Crippen molar-refractivity contribution < 1.29 is 23.2 Å². The Hall–Kier alpha value is -1.50. The molecule has 0 saturated carbocycles. The lowest BCUT2D eigenvalue weighted by atomic mass is 10.0. The van der Waals surface area contributed by atoms with Crippen LogP contribution < -0.4 is 5.32 Å². The van der Waals surface area contributed by atoms with Gasteiger partial charge in [-0.15, -0.1) is 0 Å². The van der Waals surface area contributed by atoms with Gasteiger partial charge in [-0.1, -0.05) is 57.9 Å². The smallest absolute Gasteiger partial charge is 0.324 e. The molecule has 1 N–H and O–H groups in total. The van der Waals surface area contributed by atoms with Crippen LogP contribution in [0.25, 0.3) is 0 Å². The Bertz CT molecular complexity index is 883. The maximum Gasteiger partial charge on any atom is 0.353 e. The predicted octanol–water partition coefficient (Wildman–Crippen LogP) is 5.50. The van der Waals surface area contributed by atoms with Crippen LogP contribution in [0.1, 0.15) is 29.8 Å². The molecule has 0 fully saturated rings. The van der Waals surface area contributed by atoms with Crippen molar-refractivity contribution in [1.29, 1.82) is 0 Å². The van der Waals surface area contributed by atoms with Crippen LogP contribution in [0.15, 0.2) is 48.5 Å². The molecule has 2 aromatic carbocycles. The number of alkyl halides is 1. The number of nitrogens with one attached hydrogen (secondary N) is 1. The number of amides is 1. The lowest BCUT2D eigenvalue weighted by molar-refractivity contribution is -0.114. The van der Waals surface area contributed by atoms with E-state index in [9.17, 15) is 14.2 Å². The molecule has 150 valence electrons. The van der Waals surface area contributed by atoms with Crippen molar-refractivity contribution in [2.24, 2.45) is 0 Å². The highest BCUT2D eigenvalue weighted by Gasteiger charge is 2.39. The highest BCUT2D eigenvalue weighted by atomic mass is 79.9. The van der Waals surface area contributed by atoms with Crippen LogP contribution in [0.4, 0.5) is 5.69 Å². The van der Waals surface area contributed by atoms with E-state index < -0.39 is 18.1 Å². The summed E-state index contributed by atoms with van der Waals surface area (Å²) in [6.07, 6.45) is 0. The van der Waals surface area contributed by atoms with Gasteiger partial charge < -0.3 is 14.4 Å². The van der Waals surface area contributed by atoms with Crippen molar-refractivity contribution in [1.82, 2.24) is 0 Å². The Morgan fingerprint density at radius 1 is 1.11 bits per heavy atom. The van der Waals surface area contributed by atoms with Crippen LogP contribution >= 0.6 is 35.1 Å². The predicted molar refractivity (Wildman–Crippen MR) is 114 cm³/mol. The average molecular weight is 489 g/mol. The van der Waals surface area contributed by atoms with Gasteiger partial charge >= 0.3 is 7.60 Å². The van der Waals surface area contributed by atoms with Gasteiger partial charge in [0.2, 0.25) is 0 Å². The van der Waals surface area contributed by atoms with Gasteiger partial charge in [0, 0.05) is 16.1 Å². The van der Waals surface area contributed by atoms with E-state index in [1.165, 1.54) is 12.1 Å². The molecule has 0 aliphatic carbocycles. The zero-order valence-electron chi connectivity index (χ0n) is 15.4. The van der Waals surface area contributed by atoms with Gasteiger partial charge in [0.25, 0.3) is 5.91 Å². The minimum Gasteiger partial charge on any atom is -0.324 e. The Balaban J connectivity index is 2.32. The second-order valence-corrected chi connectivity index (χ2v) is 9.76. The number of anilines is 1. The van der Waals surface area contributed by atoms with E-state index in [0.29, 0.717) is 10.6 Å². The first-order valence-corrected chi connectivity index (χ1v) is 11.5. The summed E-state index contributed by atoms with van der Waals surface area (Å²) in [6.45, 7) is 3.54. The summed E-state index contributed by atoms with van der Waals surface area (Å²) in [4.78, 5) is 25.5. The van der Waals surface area contributed by atoms with Crippen LogP contribution in [0.2, 0.25) is 5.02 Å². The molecular weight excluding hydrogens is 469 g/mol. The minimum atomic E-state index is -3.72. The number of hydrogen-bond donors (Lipinski definition) is 1. The molecule has 0 aromatic heterocycles. The summed E-state index contributed by atoms with van der Waals surface area (Å²) in [5, 5.41) is 2.96. The summed E-state index contributed by atoms with van der Waals surface area (Å²) in [7, 11) is -3.72. The fourth-order valence-corrected chi connectivity index (χ4v) is 4.83. The monoisotopic (exact) mass is 487 g/mol. The van der Waals surface area contributed by atoms with Crippen molar-refractivity contribution in [3.63, 3.8) is 0 Å². The Morgan fingerprint density at radius 3 is 2.29 bits per heavy atom. The number of carbonyl (C=O) groups is 2. The quantitative estimate of drug-likeness (QED) is 0.286. The fraction of sp³-hybridized carbons (Fsp3) is 0.263. The molecule has 0 heterocycles. The fourth-order valence-electron chi connectivity index (χ4n) is 2.42. The molecule has 0 saturated heterocycles. The highest BCUT2D eigenvalue weighted by Crippen LogP contribution is 2.55. The normalized spacial score (nSPS) is 12.4. The number of rotatable bonds is 9. The number of ketones is 1. The molecule has 0 aliphatic rings. The lowest BCUT2D eigenvalue weighted by Crippen LogP contribution is -2.25. The maximum absolute atomic E-state index is 12.8. The first-order chi connectivity index (χ1) is 13.3. The minimum absolute atomic E-state index is 0.116. The third-order valence-electron chi connectivity index (χ3n) is 3.63. The average Bonchev–Trinajstić information content (AvgIpc) is 2.69. The molecule has 1 unspecified atom stereocenters. The maximum atomic E-state index is 12.8. The third kappa shape index (κ3) is 5.52. The second-order valence-electron chi connectivity index (χ2n) is 5.59. The van der Waals surface area contributed by atoms with E-state index in [1.54, 1.807) is 50.2 Å². The summed E-state index contributed by atoms with van der Waals surface area (Å²) in [5.41, 5.74) is 0.909. The summed E-state index contributed by atoms with van der Waals surface area (Å²) in [6, 6.07) is 13.2. The Labute approximate surface area is 177 Å². The molecule has 1 atom stereocenters. The Kier molecular flexibility index (Phi) is 8.40. The second kappa shape index (κ2) is 10.3. The van der Waals surface area contributed by atoms with E-state index in [1.807, 2.05) is 0 Å². The summed E-state index contributed by atoms with van der Waals surface area (Å²) < 4.78 is 21.9. The molecule has 6 nitrogen and oxygen atoms in total. The van der Waals surface area contributed by atoms with Gasteiger partial charge in [0.15, 0.2) is 10.4 Å². The standard InChI is InChI=1S/C19H20BrClNO5P/c1-3-26-28(25,27-4-2)18(20)19(24)22-16-11-10-14(21)12-15(16)17(23)13-8-6-5-7-9-13/h5-12,18H,3-4H2,1-2H3,(H,22,24).